The number of sulfonamides is 1. The molecule has 2 aliphatic rings. The molecule has 2 fully saturated rings. The average Bonchev–Trinajstić information content (AvgIpc) is 3.20. The minimum Gasteiger partial charge on any atom is -0.494 e. The van der Waals surface area contributed by atoms with Gasteiger partial charge < -0.3 is 14.5 Å². The van der Waals surface area contributed by atoms with Crippen molar-refractivity contribution < 1.29 is 17.9 Å². The van der Waals surface area contributed by atoms with Crippen LogP contribution in [0.15, 0.2) is 29.2 Å². The topological polar surface area (TPSA) is 70.2 Å². The Morgan fingerprint density at radius 3 is 2.22 bits per heavy atom. The van der Waals surface area contributed by atoms with Gasteiger partial charge in [0.2, 0.25) is 15.9 Å². The van der Waals surface area contributed by atoms with E-state index in [0.717, 1.165) is 19.6 Å². The average molecular weight is 396 g/mol. The highest BCUT2D eigenvalue weighted by Gasteiger charge is 2.30. The molecule has 2 saturated heterocycles. The largest absolute Gasteiger partial charge is 0.494 e. The molecule has 0 N–H and O–H groups in total. The Bertz CT molecular complexity index is 722. The molecular formula is C19H29N3O4S. The van der Waals surface area contributed by atoms with E-state index in [1.807, 2.05) is 6.92 Å². The molecule has 2 heterocycles. The molecule has 0 atom stereocenters. The van der Waals surface area contributed by atoms with E-state index in [9.17, 15) is 13.2 Å². The van der Waals surface area contributed by atoms with Crippen LogP contribution < -0.4 is 4.74 Å². The monoisotopic (exact) mass is 395 g/mol. The van der Waals surface area contributed by atoms with Crippen molar-refractivity contribution in [3.05, 3.63) is 24.3 Å². The van der Waals surface area contributed by atoms with Gasteiger partial charge in [-0.05, 0) is 57.1 Å². The number of hydrogen-bond acceptors (Lipinski definition) is 5. The molecule has 150 valence electrons. The molecule has 0 aromatic heterocycles. The summed E-state index contributed by atoms with van der Waals surface area (Å²) in [5.41, 5.74) is 0. The van der Waals surface area contributed by atoms with E-state index >= 15 is 0 Å². The van der Waals surface area contributed by atoms with Gasteiger partial charge in [-0.1, -0.05) is 0 Å². The predicted molar refractivity (Wildman–Crippen MR) is 103 cm³/mol. The van der Waals surface area contributed by atoms with Crippen molar-refractivity contribution in [2.75, 3.05) is 52.4 Å². The summed E-state index contributed by atoms with van der Waals surface area (Å²) in [6, 6.07) is 6.50. The van der Waals surface area contributed by atoms with Crippen LogP contribution in [0.25, 0.3) is 0 Å². The molecule has 8 heteroatoms. The number of nitrogens with zero attached hydrogens (tertiary/aromatic N) is 3. The summed E-state index contributed by atoms with van der Waals surface area (Å²) < 4.78 is 32.4. The van der Waals surface area contributed by atoms with Crippen molar-refractivity contribution in [3.63, 3.8) is 0 Å². The third kappa shape index (κ3) is 5.00. The van der Waals surface area contributed by atoms with Gasteiger partial charge in [-0.3, -0.25) is 4.79 Å². The van der Waals surface area contributed by atoms with Gasteiger partial charge in [-0.25, -0.2) is 8.42 Å². The summed E-state index contributed by atoms with van der Waals surface area (Å²) in [6.45, 7) is 6.99. The second-order valence-electron chi connectivity index (χ2n) is 6.99. The van der Waals surface area contributed by atoms with Gasteiger partial charge in [0.1, 0.15) is 5.75 Å². The Balaban J connectivity index is 1.51. The quantitative estimate of drug-likeness (QED) is 0.698. The number of likely N-dealkylation sites (tertiary alicyclic amines) is 1. The van der Waals surface area contributed by atoms with Gasteiger partial charge in [-0.2, -0.15) is 4.31 Å². The highest BCUT2D eigenvalue weighted by molar-refractivity contribution is 7.89. The fourth-order valence-corrected chi connectivity index (χ4v) is 5.04. The number of carbonyl (C=O) groups excluding carboxylic acids is 1. The van der Waals surface area contributed by atoms with E-state index in [-0.39, 0.29) is 10.8 Å². The van der Waals surface area contributed by atoms with Gasteiger partial charge in [0, 0.05) is 39.1 Å². The summed E-state index contributed by atoms with van der Waals surface area (Å²) in [6.07, 6.45) is 2.96. The van der Waals surface area contributed by atoms with Crippen molar-refractivity contribution in [1.82, 2.24) is 14.1 Å². The van der Waals surface area contributed by atoms with E-state index in [1.165, 1.54) is 17.1 Å². The van der Waals surface area contributed by atoms with Crippen LogP contribution in [0.2, 0.25) is 0 Å². The highest BCUT2D eigenvalue weighted by atomic mass is 32.2. The van der Waals surface area contributed by atoms with Crippen LogP contribution in [0, 0.1) is 0 Å². The van der Waals surface area contributed by atoms with Crippen LogP contribution in [0.3, 0.4) is 0 Å². The molecule has 0 saturated carbocycles. The van der Waals surface area contributed by atoms with E-state index in [0.29, 0.717) is 45.0 Å². The normalized spacial score (nSPS) is 19.4. The zero-order chi connectivity index (χ0) is 19.3. The minimum absolute atomic E-state index is 0.125. The van der Waals surface area contributed by atoms with Crippen molar-refractivity contribution in [2.24, 2.45) is 0 Å². The van der Waals surface area contributed by atoms with Crippen LogP contribution >= 0.6 is 0 Å². The molecule has 7 nitrogen and oxygen atoms in total. The Morgan fingerprint density at radius 2 is 1.63 bits per heavy atom. The molecule has 0 bridgehead atoms. The second kappa shape index (κ2) is 9.03. The maximum atomic E-state index is 12.8. The molecule has 2 aliphatic heterocycles. The highest BCUT2D eigenvalue weighted by Crippen LogP contribution is 2.21. The maximum absolute atomic E-state index is 12.8. The van der Waals surface area contributed by atoms with E-state index in [2.05, 4.69) is 4.90 Å². The Kier molecular flexibility index (Phi) is 6.73. The van der Waals surface area contributed by atoms with Gasteiger partial charge >= 0.3 is 0 Å². The van der Waals surface area contributed by atoms with Gasteiger partial charge in [-0.15, -0.1) is 0 Å². The first kappa shape index (κ1) is 20.1. The van der Waals surface area contributed by atoms with Crippen LogP contribution in [0.1, 0.15) is 26.2 Å². The predicted octanol–water partition coefficient (Wildman–Crippen LogP) is 1.40. The molecule has 1 amide bonds. The molecular weight excluding hydrogens is 366 g/mol. The molecule has 3 rings (SSSR count). The third-order valence-corrected chi connectivity index (χ3v) is 7.12. The lowest BCUT2D eigenvalue weighted by molar-refractivity contribution is -0.132. The third-order valence-electron chi connectivity index (χ3n) is 5.20. The first-order valence-electron chi connectivity index (χ1n) is 9.74. The lowest BCUT2D eigenvalue weighted by atomic mass is 10.3. The van der Waals surface area contributed by atoms with Crippen LogP contribution in [0.4, 0.5) is 0 Å². The second-order valence-corrected chi connectivity index (χ2v) is 8.93. The lowest BCUT2D eigenvalue weighted by Gasteiger charge is -2.34. The number of rotatable bonds is 7. The number of benzene rings is 1. The van der Waals surface area contributed by atoms with Crippen molar-refractivity contribution in [3.8, 4) is 5.75 Å². The molecule has 1 aromatic rings. The zero-order valence-corrected chi connectivity index (χ0v) is 16.8. The molecule has 0 unspecified atom stereocenters. The number of amides is 1. The van der Waals surface area contributed by atoms with Gasteiger partial charge in [0.25, 0.3) is 0 Å². The van der Waals surface area contributed by atoms with Gasteiger partial charge in [0.15, 0.2) is 0 Å². The number of hydrogen-bond donors (Lipinski definition) is 0. The number of carbonyl (C=O) groups is 1. The van der Waals surface area contributed by atoms with E-state index in [4.69, 9.17) is 4.74 Å². The van der Waals surface area contributed by atoms with Gasteiger partial charge in [0.05, 0.1) is 11.5 Å². The van der Waals surface area contributed by atoms with Crippen molar-refractivity contribution >= 4 is 15.9 Å². The minimum atomic E-state index is -3.54. The first-order valence-corrected chi connectivity index (χ1v) is 11.2. The SMILES string of the molecule is CCOc1ccc(S(=O)(=O)N2CCN(C(=O)CCN3CCCC3)CC2)cc1. The van der Waals surface area contributed by atoms with Crippen molar-refractivity contribution in [1.29, 1.82) is 0 Å². The van der Waals surface area contributed by atoms with E-state index in [1.54, 1.807) is 29.2 Å². The summed E-state index contributed by atoms with van der Waals surface area (Å²) in [5.74, 6) is 0.782. The van der Waals surface area contributed by atoms with Crippen LogP contribution in [-0.2, 0) is 14.8 Å². The summed E-state index contributed by atoms with van der Waals surface area (Å²) >= 11 is 0. The fourth-order valence-electron chi connectivity index (χ4n) is 3.62. The van der Waals surface area contributed by atoms with Crippen LogP contribution in [0.5, 0.6) is 5.75 Å². The summed E-state index contributed by atoms with van der Waals surface area (Å²) in [7, 11) is -3.54. The number of ether oxygens (including phenoxy) is 1. The molecule has 0 aliphatic carbocycles. The first-order chi connectivity index (χ1) is 13.0. The van der Waals surface area contributed by atoms with Crippen molar-refractivity contribution in [2.45, 2.75) is 31.1 Å². The summed E-state index contributed by atoms with van der Waals surface area (Å²) in [5, 5.41) is 0. The zero-order valence-electron chi connectivity index (χ0n) is 16.0. The molecule has 0 radical (unpaired) electrons. The smallest absolute Gasteiger partial charge is 0.243 e. The standard InChI is InChI=1S/C19H29N3O4S/c1-2-26-17-5-7-18(8-6-17)27(24,25)22-15-13-21(14-16-22)19(23)9-12-20-10-3-4-11-20/h5-8H,2-4,9-16H2,1H3. The number of piperazine rings is 1. The van der Waals surface area contributed by atoms with Crippen LogP contribution in [-0.4, -0.2) is 80.9 Å². The lowest BCUT2D eigenvalue weighted by Crippen LogP contribution is -2.50. The Morgan fingerprint density at radius 1 is 1.00 bits per heavy atom. The Labute approximate surface area is 161 Å². The maximum Gasteiger partial charge on any atom is 0.243 e. The molecule has 1 aromatic carbocycles. The molecule has 0 spiro atoms. The molecule has 27 heavy (non-hydrogen) atoms. The van der Waals surface area contributed by atoms with E-state index < -0.39 is 10.0 Å². The fraction of sp³-hybridized carbons (Fsp3) is 0.632. The summed E-state index contributed by atoms with van der Waals surface area (Å²) in [4.78, 5) is 16.8. The Hall–Kier alpha value is -1.64.